The van der Waals surface area contributed by atoms with Crippen molar-refractivity contribution in [2.24, 2.45) is 0 Å². The standard InChI is InChI=1S/C20H22Cl2N2O4/c1-11-9-13(7-8-24(11)20(25)26)27-10-14-18(23-28-19(14)12-5-6-12)17-15(21)3-2-4-16(17)22/h2-4,11-13H,5-10H2,1H3,(H,25,26). The van der Waals surface area contributed by atoms with Crippen LogP contribution < -0.4 is 0 Å². The molecule has 0 radical (unpaired) electrons. The van der Waals surface area contributed by atoms with Crippen molar-refractivity contribution in [1.29, 1.82) is 0 Å². The number of amides is 1. The third-order valence-corrected chi connectivity index (χ3v) is 6.13. The number of halogens is 2. The van der Waals surface area contributed by atoms with Crippen LogP contribution in [0.25, 0.3) is 11.3 Å². The van der Waals surface area contributed by atoms with Crippen molar-refractivity contribution in [3.05, 3.63) is 39.6 Å². The number of carbonyl (C=O) groups is 1. The van der Waals surface area contributed by atoms with E-state index in [2.05, 4.69) is 5.16 Å². The minimum Gasteiger partial charge on any atom is -0.465 e. The first-order chi connectivity index (χ1) is 13.5. The number of carboxylic acid groups (broad SMARTS) is 1. The minimum absolute atomic E-state index is 0.0119. The Hall–Kier alpha value is -1.76. The first-order valence-corrected chi connectivity index (χ1v) is 10.2. The number of rotatable bonds is 5. The number of aromatic nitrogens is 1. The normalized spacial score (nSPS) is 22.5. The Labute approximate surface area is 173 Å². The number of nitrogens with zero attached hydrogens (tertiary/aromatic N) is 2. The van der Waals surface area contributed by atoms with Gasteiger partial charge in [-0.15, -0.1) is 0 Å². The van der Waals surface area contributed by atoms with Crippen LogP contribution in [-0.2, 0) is 11.3 Å². The van der Waals surface area contributed by atoms with Crippen molar-refractivity contribution in [2.75, 3.05) is 6.54 Å². The average Bonchev–Trinajstić information content (AvgIpc) is 3.40. The first-order valence-electron chi connectivity index (χ1n) is 9.49. The van der Waals surface area contributed by atoms with Crippen LogP contribution in [0.3, 0.4) is 0 Å². The highest BCUT2D eigenvalue weighted by Crippen LogP contribution is 2.46. The van der Waals surface area contributed by atoms with Crippen LogP contribution in [0.15, 0.2) is 22.7 Å². The summed E-state index contributed by atoms with van der Waals surface area (Å²) in [6.45, 7) is 2.73. The van der Waals surface area contributed by atoms with E-state index in [0.717, 1.165) is 24.2 Å². The summed E-state index contributed by atoms with van der Waals surface area (Å²) in [6.07, 6.45) is 2.60. The molecule has 1 aliphatic heterocycles. The van der Waals surface area contributed by atoms with Crippen molar-refractivity contribution < 1.29 is 19.2 Å². The molecule has 2 atom stereocenters. The highest BCUT2D eigenvalue weighted by atomic mass is 35.5. The van der Waals surface area contributed by atoms with Crippen molar-refractivity contribution in [3.8, 4) is 11.3 Å². The van der Waals surface area contributed by atoms with Crippen molar-refractivity contribution in [3.63, 3.8) is 0 Å². The predicted octanol–water partition coefficient (Wildman–Crippen LogP) is 5.57. The maximum atomic E-state index is 11.2. The number of hydrogen-bond donors (Lipinski definition) is 1. The largest absolute Gasteiger partial charge is 0.465 e. The van der Waals surface area contributed by atoms with Gasteiger partial charge in [0.25, 0.3) is 0 Å². The lowest BCUT2D eigenvalue weighted by molar-refractivity contribution is -0.0160. The lowest BCUT2D eigenvalue weighted by Gasteiger charge is -2.35. The van der Waals surface area contributed by atoms with Gasteiger partial charge < -0.3 is 19.3 Å². The Balaban J connectivity index is 1.55. The maximum absolute atomic E-state index is 11.2. The first kappa shape index (κ1) is 19.6. The molecular weight excluding hydrogens is 403 g/mol. The van der Waals surface area contributed by atoms with Crippen LogP contribution >= 0.6 is 23.2 Å². The monoisotopic (exact) mass is 424 g/mol. The average molecular weight is 425 g/mol. The predicted molar refractivity (Wildman–Crippen MR) is 106 cm³/mol. The Bertz CT molecular complexity index is 861. The van der Waals surface area contributed by atoms with E-state index in [1.165, 1.54) is 4.90 Å². The lowest BCUT2D eigenvalue weighted by atomic mass is 10.0. The third kappa shape index (κ3) is 3.86. The van der Waals surface area contributed by atoms with Crippen LogP contribution in [0, 0.1) is 0 Å². The number of piperidine rings is 1. The van der Waals surface area contributed by atoms with Gasteiger partial charge in [0.1, 0.15) is 11.5 Å². The van der Waals surface area contributed by atoms with Gasteiger partial charge >= 0.3 is 6.09 Å². The smallest absolute Gasteiger partial charge is 0.407 e. The molecule has 1 N–H and O–H groups in total. The fourth-order valence-electron chi connectivity index (χ4n) is 3.81. The zero-order valence-corrected chi connectivity index (χ0v) is 17.0. The molecule has 0 bridgehead atoms. The summed E-state index contributed by atoms with van der Waals surface area (Å²) in [5.41, 5.74) is 2.19. The summed E-state index contributed by atoms with van der Waals surface area (Å²) < 4.78 is 11.8. The number of benzene rings is 1. The van der Waals surface area contributed by atoms with Gasteiger partial charge in [-0.2, -0.15) is 0 Å². The molecule has 1 saturated carbocycles. The van der Waals surface area contributed by atoms with E-state index in [1.807, 2.05) is 6.92 Å². The van der Waals surface area contributed by atoms with Crippen molar-refractivity contribution in [1.82, 2.24) is 10.1 Å². The molecular formula is C20H22Cl2N2O4. The quantitative estimate of drug-likeness (QED) is 0.678. The second-order valence-corrected chi connectivity index (χ2v) is 8.34. The maximum Gasteiger partial charge on any atom is 0.407 e. The molecule has 1 aliphatic carbocycles. The van der Waals surface area contributed by atoms with E-state index in [-0.39, 0.29) is 12.1 Å². The molecule has 150 valence electrons. The molecule has 6 nitrogen and oxygen atoms in total. The Morgan fingerprint density at radius 1 is 1.32 bits per heavy atom. The Kier molecular flexibility index (Phi) is 5.54. The molecule has 4 rings (SSSR count). The van der Waals surface area contributed by atoms with E-state index < -0.39 is 6.09 Å². The Morgan fingerprint density at radius 3 is 2.64 bits per heavy atom. The fraction of sp³-hybridized carbons (Fsp3) is 0.500. The molecule has 1 amide bonds. The third-order valence-electron chi connectivity index (χ3n) is 5.50. The summed E-state index contributed by atoms with van der Waals surface area (Å²) in [4.78, 5) is 12.7. The Morgan fingerprint density at radius 2 is 2.04 bits per heavy atom. The van der Waals surface area contributed by atoms with Gasteiger partial charge in [0.2, 0.25) is 0 Å². The zero-order valence-electron chi connectivity index (χ0n) is 15.5. The number of likely N-dealkylation sites (tertiary alicyclic amines) is 1. The van der Waals surface area contributed by atoms with E-state index in [1.54, 1.807) is 18.2 Å². The molecule has 2 aromatic rings. The van der Waals surface area contributed by atoms with Gasteiger partial charge in [0, 0.05) is 29.6 Å². The minimum atomic E-state index is -0.878. The topological polar surface area (TPSA) is 75.8 Å². The van der Waals surface area contributed by atoms with Crippen LogP contribution in [-0.4, -0.2) is 39.9 Å². The van der Waals surface area contributed by atoms with Crippen LogP contribution in [0.5, 0.6) is 0 Å². The molecule has 1 saturated heterocycles. The van der Waals surface area contributed by atoms with E-state index in [4.69, 9.17) is 32.5 Å². The molecule has 2 fully saturated rings. The zero-order chi connectivity index (χ0) is 19.8. The highest BCUT2D eigenvalue weighted by molar-refractivity contribution is 6.39. The van der Waals surface area contributed by atoms with E-state index in [0.29, 0.717) is 53.2 Å². The molecule has 8 heteroatoms. The molecule has 2 unspecified atom stereocenters. The van der Waals surface area contributed by atoms with Crippen LogP contribution in [0.2, 0.25) is 10.0 Å². The summed E-state index contributed by atoms with van der Waals surface area (Å²) in [6, 6.07) is 5.29. The van der Waals surface area contributed by atoms with Crippen LogP contribution in [0.4, 0.5) is 4.79 Å². The van der Waals surface area contributed by atoms with Crippen molar-refractivity contribution in [2.45, 2.75) is 57.3 Å². The number of hydrogen-bond acceptors (Lipinski definition) is 4. The number of ether oxygens (including phenoxy) is 1. The summed E-state index contributed by atoms with van der Waals surface area (Å²) >= 11 is 12.8. The molecule has 1 aromatic carbocycles. The molecule has 1 aromatic heterocycles. The highest BCUT2D eigenvalue weighted by Gasteiger charge is 2.35. The molecule has 2 aliphatic rings. The van der Waals surface area contributed by atoms with Crippen molar-refractivity contribution >= 4 is 29.3 Å². The fourth-order valence-corrected chi connectivity index (χ4v) is 4.39. The summed E-state index contributed by atoms with van der Waals surface area (Å²) in [7, 11) is 0. The van der Waals surface area contributed by atoms with Gasteiger partial charge in [-0.05, 0) is 44.7 Å². The second-order valence-electron chi connectivity index (χ2n) is 7.53. The van der Waals surface area contributed by atoms with Gasteiger partial charge in [-0.1, -0.05) is 34.4 Å². The molecule has 2 heterocycles. The van der Waals surface area contributed by atoms with Gasteiger partial charge in [0.15, 0.2) is 0 Å². The van der Waals surface area contributed by atoms with Crippen LogP contribution in [0.1, 0.15) is 49.8 Å². The van der Waals surface area contributed by atoms with Gasteiger partial charge in [0.05, 0.1) is 22.8 Å². The summed E-state index contributed by atoms with van der Waals surface area (Å²) in [5.74, 6) is 1.22. The molecule has 28 heavy (non-hydrogen) atoms. The van der Waals surface area contributed by atoms with E-state index >= 15 is 0 Å². The lowest BCUT2D eigenvalue weighted by Crippen LogP contribution is -2.46. The second kappa shape index (κ2) is 7.93. The molecule has 0 spiro atoms. The van der Waals surface area contributed by atoms with Gasteiger partial charge in [-0.3, -0.25) is 0 Å². The van der Waals surface area contributed by atoms with E-state index in [9.17, 15) is 9.90 Å². The SMILES string of the molecule is CC1CC(OCc2c(-c3c(Cl)cccc3Cl)noc2C2CC2)CCN1C(=O)O. The summed E-state index contributed by atoms with van der Waals surface area (Å²) in [5, 5.41) is 14.5. The van der Waals surface area contributed by atoms with Gasteiger partial charge in [-0.25, -0.2) is 4.79 Å².